The molecule has 1 aliphatic heterocycles. The van der Waals surface area contributed by atoms with Crippen molar-refractivity contribution in [2.75, 3.05) is 18.9 Å². The van der Waals surface area contributed by atoms with Crippen LogP contribution >= 0.6 is 0 Å². The second-order valence-corrected chi connectivity index (χ2v) is 5.70. The molecular weight excluding hydrogens is 244 g/mol. The van der Waals surface area contributed by atoms with E-state index in [9.17, 15) is 8.42 Å². The molecule has 1 saturated heterocycles. The van der Waals surface area contributed by atoms with Crippen LogP contribution < -0.4 is 10.5 Å². The van der Waals surface area contributed by atoms with Crippen LogP contribution in [0.3, 0.4) is 0 Å². The van der Waals surface area contributed by atoms with Crippen molar-refractivity contribution in [3.05, 3.63) is 6.20 Å². The number of hydrogen-bond acceptors (Lipinski definition) is 5. The number of anilines is 1. The van der Waals surface area contributed by atoms with Gasteiger partial charge in [-0.15, -0.1) is 0 Å². The Morgan fingerprint density at radius 1 is 1.65 bits per heavy atom. The molecule has 2 heterocycles. The zero-order valence-corrected chi connectivity index (χ0v) is 10.2. The van der Waals surface area contributed by atoms with E-state index in [-0.39, 0.29) is 16.8 Å². The molecule has 0 aromatic carbocycles. The van der Waals surface area contributed by atoms with Crippen molar-refractivity contribution in [2.45, 2.75) is 30.3 Å². The summed E-state index contributed by atoms with van der Waals surface area (Å²) in [6.45, 7) is 1.11. The predicted octanol–water partition coefficient (Wildman–Crippen LogP) is -0.161. The molecule has 2 rings (SSSR count). The summed E-state index contributed by atoms with van der Waals surface area (Å²) >= 11 is 0. The number of nitrogens with one attached hydrogen (secondary N) is 2. The van der Waals surface area contributed by atoms with Crippen molar-refractivity contribution in [1.29, 1.82) is 0 Å². The second-order valence-electron chi connectivity index (χ2n) is 3.97. The molecule has 0 bridgehead atoms. The molecule has 1 aromatic heterocycles. The van der Waals surface area contributed by atoms with E-state index >= 15 is 0 Å². The van der Waals surface area contributed by atoms with Crippen LogP contribution in [0.25, 0.3) is 0 Å². The number of H-pyrrole nitrogens is 1. The molecule has 4 N–H and O–H groups in total. The summed E-state index contributed by atoms with van der Waals surface area (Å²) < 4.78 is 31.5. The maximum atomic E-state index is 11.8. The van der Waals surface area contributed by atoms with Gasteiger partial charge < -0.3 is 10.5 Å². The lowest BCUT2D eigenvalue weighted by molar-refractivity contribution is 0.105. The average molecular weight is 260 g/mol. The van der Waals surface area contributed by atoms with E-state index in [4.69, 9.17) is 10.5 Å². The Balaban J connectivity index is 1.87. The predicted molar refractivity (Wildman–Crippen MR) is 61.8 cm³/mol. The minimum Gasteiger partial charge on any atom is -0.383 e. The SMILES string of the molecule is Nc1[nH]ncc1S(=O)(=O)NCCC1CCCO1. The number of sulfonamides is 1. The largest absolute Gasteiger partial charge is 0.383 e. The highest BCUT2D eigenvalue weighted by Crippen LogP contribution is 2.16. The van der Waals surface area contributed by atoms with Crippen LogP contribution in [-0.2, 0) is 14.8 Å². The van der Waals surface area contributed by atoms with Crippen LogP contribution in [0.2, 0.25) is 0 Å². The van der Waals surface area contributed by atoms with E-state index in [2.05, 4.69) is 14.9 Å². The number of nitrogens with zero attached hydrogens (tertiary/aromatic N) is 1. The van der Waals surface area contributed by atoms with Crippen LogP contribution in [-0.4, -0.2) is 37.9 Å². The van der Waals surface area contributed by atoms with Gasteiger partial charge in [-0.3, -0.25) is 5.10 Å². The molecule has 1 atom stereocenters. The normalized spacial score (nSPS) is 20.8. The third-order valence-electron chi connectivity index (χ3n) is 2.70. The number of hydrogen-bond donors (Lipinski definition) is 3. The summed E-state index contributed by atoms with van der Waals surface area (Å²) in [5, 5.41) is 5.97. The van der Waals surface area contributed by atoms with Crippen molar-refractivity contribution in [3.8, 4) is 0 Å². The quantitative estimate of drug-likeness (QED) is 0.681. The van der Waals surface area contributed by atoms with Gasteiger partial charge in [0.05, 0.1) is 12.3 Å². The Labute approximate surface area is 99.8 Å². The fraction of sp³-hybridized carbons (Fsp3) is 0.667. The second kappa shape index (κ2) is 5.03. The van der Waals surface area contributed by atoms with Crippen LogP contribution in [0.1, 0.15) is 19.3 Å². The number of nitrogen functional groups attached to an aromatic ring is 1. The minimum atomic E-state index is -3.56. The zero-order valence-electron chi connectivity index (χ0n) is 9.35. The van der Waals surface area contributed by atoms with Gasteiger partial charge in [-0.05, 0) is 19.3 Å². The highest BCUT2D eigenvalue weighted by atomic mass is 32.2. The van der Waals surface area contributed by atoms with Crippen molar-refractivity contribution in [2.24, 2.45) is 0 Å². The standard InChI is InChI=1S/C9H16N4O3S/c10-9-8(6-11-13-9)17(14,15)12-4-3-7-2-1-5-16-7/h6-7,12H,1-5H2,(H3,10,11,13). The molecule has 0 amide bonds. The van der Waals surface area contributed by atoms with E-state index in [1.165, 1.54) is 6.20 Å². The Bertz CT molecular complexity index is 464. The van der Waals surface area contributed by atoms with Gasteiger partial charge in [-0.1, -0.05) is 0 Å². The maximum absolute atomic E-state index is 11.8. The molecule has 7 nitrogen and oxygen atoms in total. The fourth-order valence-electron chi connectivity index (χ4n) is 1.80. The molecule has 0 aliphatic carbocycles. The van der Waals surface area contributed by atoms with Crippen molar-refractivity contribution in [3.63, 3.8) is 0 Å². The lowest BCUT2D eigenvalue weighted by atomic mass is 10.2. The van der Waals surface area contributed by atoms with Crippen LogP contribution in [0.15, 0.2) is 11.1 Å². The van der Waals surface area contributed by atoms with E-state index in [0.717, 1.165) is 19.4 Å². The molecule has 0 spiro atoms. The van der Waals surface area contributed by atoms with Crippen LogP contribution in [0, 0.1) is 0 Å². The Kier molecular flexibility index (Phi) is 3.65. The summed E-state index contributed by atoms with van der Waals surface area (Å²) in [6, 6.07) is 0. The smallest absolute Gasteiger partial charge is 0.245 e. The van der Waals surface area contributed by atoms with E-state index in [1.54, 1.807) is 0 Å². The molecule has 1 fully saturated rings. The summed E-state index contributed by atoms with van der Waals surface area (Å²) in [7, 11) is -3.56. The molecule has 0 saturated carbocycles. The first kappa shape index (κ1) is 12.3. The molecule has 1 aliphatic rings. The van der Waals surface area contributed by atoms with Gasteiger partial charge >= 0.3 is 0 Å². The van der Waals surface area contributed by atoms with E-state index in [0.29, 0.717) is 13.0 Å². The van der Waals surface area contributed by atoms with Crippen LogP contribution in [0.4, 0.5) is 5.82 Å². The Hall–Kier alpha value is -1.12. The Morgan fingerprint density at radius 2 is 2.47 bits per heavy atom. The number of aromatic nitrogens is 2. The number of aromatic amines is 1. The molecular formula is C9H16N4O3S. The third-order valence-corrected chi connectivity index (χ3v) is 4.19. The molecule has 0 radical (unpaired) electrons. The molecule has 17 heavy (non-hydrogen) atoms. The summed E-state index contributed by atoms with van der Waals surface area (Å²) in [4.78, 5) is -0.00941. The highest BCUT2D eigenvalue weighted by Gasteiger charge is 2.20. The first-order valence-electron chi connectivity index (χ1n) is 5.50. The van der Waals surface area contributed by atoms with Crippen molar-refractivity contribution in [1.82, 2.24) is 14.9 Å². The highest BCUT2D eigenvalue weighted by molar-refractivity contribution is 7.89. The van der Waals surface area contributed by atoms with Crippen LogP contribution in [0.5, 0.6) is 0 Å². The number of rotatable bonds is 5. The van der Waals surface area contributed by atoms with Gasteiger partial charge in [0.15, 0.2) is 0 Å². The van der Waals surface area contributed by atoms with Gasteiger partial charge in [0, 0.05) is 13.2 Å². The topological polar surface area (TPSA) is 110 Å². The van der Waals surface area contributed by atoms with E-state index < -0.39 is 10.0 Å². The first-order valence-corrected chi connectivity index (χ1v) is 6.98. The van der Waals surface area contributed by atoms with Gasteiger partial charge in [-0.25, -0.2) is 13.1 Å². The molecule has 8 heteroatoms. The number of nitrogens with two attached hydrogens (primary N) is 1. The monoisotopic (exact) mass is 260 g/mol. The fourth-order valence-corrected chi connectivity index (χ4v) is 2.87. The lowest BCUT2D eigenvalue weighted by Crippen LogP contribution is -2.27. The molecule has 96 valence electrons. The molecule has 1 aromatic rings. The average Bonchev–Trinajstić information content (AvgIpc) is 2.88. The van der Waals surface area contributed by atoms with Crippen molar-refractivity contribution < 1.29 is 13.2 Å². The summed E-state index contributed by atoms with van der Waals surface area (Å²) in [5.41, 5.74) is 5.46. The first-order chi connectivity index (χ1) is 8.09. The maximum Gasteiger partial charge on any atom is 0.245 e. The van der Waals surface area contributed by atoms with E-state index in [1.807, 2.05) is 0 Å². The zero-order chi connectivity index (χ0) is 12.3. The summed E-state index contributed by atoms with van der Waals surface area (Å²) in [5.74, 6) is 0.0506. The molecule has 1 unspecified atom stereocenters. The Morgan fingerprint density at radius 3 is 3.06 bits per heavy atom. The van der Waals surface area contributed by atoms with Crippen molar-refractivity contribution >= 4 is 15.8 Å². The third kappa shape index (κ3) is 2.96. The van der Waals surface area contributed by atoms with Gasteiger partial charge in [-0.2, -0.15) is 5.10 Å². The van der Waals surface area contributed by atoms with Gasteiger partial charge in [0.1, 0.15) is 10.7 Å². The van der Waals surface area contributed by atoms with Gasteiger partial charge in [0.2, 0.25) is 10.0 Å². The minimum absolute atomic E-state index is 0.00941. The number of ether oxygens (including phenoxy) is 1. The lowest BCUT2D eigenvalue weighted by Gasteiger charge is -2.09. The summed E-state index contributed by atoms with van der Waals surface area (Å²) in [6.07, 6.45) is 4.09. The van der Waals surface area contributed by atoms with Gasteiger partial charge in [0.25, 0.3) is 0 Å².